The standard InChI is InChI=1S/C34H46O6/c1-8-20(2)32-24(6)14-15-34(40-32)19-27-17-26(39-34)13-12-23(5)31(36)22(4)11-9-10-21(3)28-18-30(35)25(7)16-29(28)33(37)38-27/h9-12,14-16,18,20,22,24,26-27,31-32,35-36H,8,13,17,19H2,1-7H3. The van der Waals surface area contributed by atoms with Gasteiger partial charge in [0, 0.05) is 24.7 Å². The lowest BCUT2D eigenvalue weighted by molar-refractivity contribution is -0.298. The summed E-state index contributed by atoms with van der Waals surface area (Å²) in [6.07, 6.45) is 13.1. The number of aryl methyl sites for hydroxylation is 1. The van der Waals surface area contributed by atoms with Crippen LogP contribution in [0, 0.1) is 24.7 Å². The summed E-state index contributed by atoms with van der Waals surface area (Å²) < 4.78 is 19.6. The van der Waals surface area contributed by atoms with Gasteiger partial charge in [0.1, 0.15) is 11.9 Å². The van der Waals surface area contributed by atoms with E-state index in [2.05, 4.69) is 26.8 Å². The maximum atomic E-state index is 13.7. The number of phenols is 1. The lowest BCUT2D eigenvalue weighted by Crippen LogP contribution is -2.53. The second-order valence-corrected chi connectivity index (χ2v) is 12.1. The Morgan fingerprint density at radius 2 is 1.80 bits per heavy atom. The van der Waals surface area contributed by atoms with Crippen LogP contribution in [0.5, 0.6) is 5.75 Å². The lowest BCUT2D eigenvalue weighted by atomic mass is 9.86. The van der Waals surface area contributed by atoms with Crippen molar-refractivity contribution in [1.29, 1.82) is 0 Å². The first-order valence-corrected chi connectivity index (χ1v) is 14.7. The van der Waals surface area contributed by atoms with Crippen molar-refractivity contribution in [1.82, 2.24) is 0 Å². The molecule has 0 aromatic heterocycles. The van der Waals surface area contributed by atoms with Crippen LogP contribution in [0.25, 0.3) is 5.57 Å². The smallest absolute Gasteiger partial charge is 0.339 e. The minimum Gasteiger partial charge on any atom is -0.508 e. The van der Waals surface area contributed by atoms with Crippen LogP contribution >= 0.6 is 0 Å². The van der Waals surface area contributed by atoms with Gasteiger partial charge >= 0.3 is 5.97 Å². The van der Waals surface area contributed by atoms with Crippen molar-refractivity contribution < 1.29 is 29.2 Å². The Balaban J connectivity index is 1.76. The van der Waals surface area contributed by atoms with E-state index in [4.69, 9.17) is 14.2 Å². The SMILES string of the molecule is CCC(C)C1OC2(C=CC1C)CC1CC(CC=C(C)C(O)C(C)C=CC=C(C)c3cc(O)c(C)cc3C(=O)O1)O2. The number of aliphatic hydroxyl groups excluding tert-OH is 1. The van der Waals surface area contributed by atoms with Gasteiger partial charge < -0.3 is 24.4 Å². The number of aliphatic hydroxyl groups is 1. The Labute approximate surface area is 239 Å². The van der Waals surface area contributed by atoms with E-state index < -0.39 is 24.0 Å². The summed E-state index contributed by atoms with van der Waals surface area (Å²) in [5, 5.41) is 21.4. The zero-order valence-corrected chi connectivity index (χ0v) is 25.0. The van der Waals surface area contributed by atoms with Crippen molar-refractivity contribution in [2.45, 2.75) is 104 Å². The van der Waals surface area contributed by atoms with Gasteiger partial charge in [0.15, 0.2) is 5.79 Å². The maximum absolute atomic E-state index is 13.7. The minimum atomic E-state index is -0.986. The van der Waals surface area contributed by atoms with Crippen LogP contribution in [0.2, 0.25) is 0 Å². The minimum absolute atomic E-state index is 0.00571. The number of ether oxygens (including phenoxy) is 3. The van der Waals surface area contributed by atoms with E-state index in [9.17, 15) is 15.0 Å². The predicted molar refractivity (Wildman–Crippen MR) is 158 cm³/mol. The molecule has 1 spiro atoms. The molecule has 8 unspecified atom stereocenters. The van der Waals surface area contributed by atoms with Crippen LogP contribution < -0.4 is 0 Å². The third-order valence-corrected chi connectivity index (χ3v) is 8.80. The second kappa shape index (κ2) is 12.5. The number of hydrogen-bond acceptors (Lipinski definition) is 6. The number of fused-ring (bicyclic) bond motifs is 3. The zero-order chi connectivity index (χ0) is 29.2. The Morgan fingerprint density at radius 3 is 2.52 bits per heavy atom. The summed E-state index contributed by atoms with van der Waals surface area (Å²) in [5.41, 5.74) is 3.32. The van der Waals surface area contributed by atoms with E-state index in [-0.39, 0.29) is 29.8 Å². The van der Waals surface area contributed by atoms with Crippen LogP contribution in [-0.2, 0) is 14.2 Å². The third kappa shape index (κ3) is 6.62. The van der Waals surface area contributed by atoms with Crippen LogP contribution in [0.3, 0.4) is 0 Å². The van der Waals surface area contributed by atoms with Crippen molar-refractivity contribution in [2.24, 2.45) is 17.8 Å². The summed E-state index contributed by atoms with van der Waals surface area (Å²) in [5.74, 6) is -0.808. The molecule has 3 heterocycles. The molecule has 2 N–H and O–H groups in total. The Morgan fingerprint density at radius 1 is 1.05 bits per heavy atom. The molecule has 0 radical (unpaired) electrons. The molecule has 8 atom stereocenters. The van der Waals surface area contributed by atoms with Gasteiger partial charge in [0.25, 0.3) is 0 Å². The largest absolute Gasteiger partial charge is 0.508 e. The normalized spacial score (nSPS) is 34.0. The quantitative estimate of drug-likeness (QED) is 0.303. The van der Waals surface area contributed by atoms with Gasteiger partial charge in [-0.3, -0.25) is 0 Å². The van der Waals surface area contributed by atoms with Crippen LogP contribution in [0.15, 0.2) is 54.2 Å². The van der Waals surface area contributed by atoms with Crippen molar-refractivity contribution >= 4 is 11.5 Å². The molecule has 4 rings (SSSR count). The highest BCUT2D eigenvalue weighted by molar-refractivity contribution is 5.96. The number of phenolic OH excluding ortho intramolecular Hbond substituents is 1. The molecule has 6 nitrogen and oxygen atoms in total. The zero-order valence-electron chi connectivity index (χ0n) is 25.0. The van der Waals surface area contributed by atoms with E-state index in [0.29, 0.717) is 41.9 Å². The lowest BCUT2D eigenvalue weighted by Gasteiger charge is -2.47. The van der Waals surface area contributed by atoms with Gasteiger partial charge in [-0.2, -0.15) is 0 Å². The molecule has 40 heavy (non-hydrogen) atoms. The topological polar surface area (TPSA) is 85.2 Å². The molecule has 1 saturated heterocycles. The van der Waals surface area contributed by atoms with Crippen molar-refractivity contribution in [3.05, 3.63) is 70.9 Å². The molecule has 0 amide bonds. The Kier molecular flexibility index (Phi) is 9.44. The van der Waals surface area contributed by atoms with Crippen molar-refractivity contribution in [3.8, 4) is 5.75 Å². The number of aromatic hydroxyl groups is 1. The first-order valence-electron chi connectivity index (χ1n) is 14.7. The number of esters is 1. The molecular weight excluding hydrogens is 504 g/mol. The van der Waals surface area contributed by atoms with Gasteiger partial charge in [-0.25, -0.2) is 4.79 Å². The number of benzene rings is 1. The first kappa shape index (κ1) is 30.3. The fraction of sp³-hybridized carbons (Fsp3) is 0.559. The number of rotatable bonds is 2. The Bertz CT molecular complexity index is 1210. The molecule has 3 aliphatic rings. The fourth-order valence-electron chi connectivity index (χ4n) is 5.97. The summed E-state index contributed by atoms with van der Waals surface area (Å²) in [6, 6.07) is 3.32. The van der Waals surface area contributed by atoms with Gasteiger partial charge in [-0.15, -0.1) is 0 Å². The summed E-state index contributed by atoms with van der Waals surface area (Å²) in [4.78, 5) is 13.7. The van der Waals surface area contributed by atoms with E-state index in [1.54, 1.807) is 19.1 Å². The van der Waals surface area contributed by atoms with E-state index in [0.717, 1.165) is 17.6 Å². The highest BCUT2D eigenvalue weighted by atomic mass is 16.7. The summed E-state index contributed by atoms with van der Waals surface area (Å²) >= 11 is 0. The van der Waals surface area contributed by atoms with Gasteiger partial charge in [0.05, 0.1) is 23.9 Å². The number of carbonyl (C=O) groups is 1. The Hall–Kier alpha value is -2.67. The van der Waals surface area contributed by atoms with E-state index in [1.807, 2.05) is 51.2 Å². The molecule has 1 fully saturated rings. The van der Waals surface area contributed by atoms with Gasteiger partial charge in [0.2, 0.25) is 0 Å². The van der Waals surface area contributed by atoms with Gasteiger partial charge in [-0.1, -0.05) is 64.5 Å². The van der Waals surface area contributed by atoms with Crippen LogP contribution in [0.4, 0.5) is 0 Å². The van der Waals surface area contributed by atoms with Crippen molar-refractivity contribution in [3.63, 3.8) is 0 Å². The molecule has 2 bridgehead atoms. The summed E-state index contributed by atoms with van der Waals surface area (Å²) in [7, 11) is 0. The molecule has 6 heteroatoms. The third-order valence-electron chi connectivity index (χ3n) is 8.80. The second-order valence-electron chi connectivity index (χ2n) is 12.1. The number of carbonyl (C=O) groups excluding carboxylic acids is 1. The molecule has 0 aliphatic carbocycles. The predicted octanol–water partition coefficient (Wildman–Crippen LogP) is 7.05. The highest BCUT2D eigenvalue weighted by Gasteiger charge is 2.47. The molecule has 1 aromatic rings. The fourth-order valence-corrected chi connectivity index (χ4v) is 5.97. The monoisotopic (exact) mass is 550 g/mol. The number of hydrogen-bond donors (Lipinski definition) is 2. The van der Waals surface area contributed by atoms with E-state index in [1.165, 1.54) is 0 Å². The average molecular weight is 551 g/mol. The molecule has 1 aromatic carbocycles. The average Bonchev–Trinajstić information content (AvgIpc) is 2.92. The first-order chi connectivity index (χ1) is 18.9. The van der Waals surface area contributed by atoms with Crippen molar-refractivity contribution in [2.75, 3.05) is 0 Å². The van der Waals surface area contributed by atoms with E-state index >= 15 is 0 Å². The maximum Gasteiger partial charge on any atom is 0.339 e. The molecule has 218 valence electrons. The van der Waals surface area contributed by atoms with Gasteiger partial charge in [-0.05, 0) is 73.6 Å². The molecular formula is C34H46O6. The highest BCUT2D eigenvalue weighted by Crippen LogP contribution is 2.42. The molecule has 0 saturated carbocycles. The van der Waals surface area contributed by atoms with Crippen LogP contribution in [0.1, 0.15) is 88.7 Å². The molecule has 3 aliphatic heterocycles. The van der Waals surface area contributed by atoms with Crippen LogP contribution in [-0.4, -0.2) is 46.4 Å². The summed E-state index contributed by atoms with van der Waals surface area (Å²) in [6.45, 7) is 14.1. The number of allylic oxidation sites excluding steroid dienone is 3.